The van der Waals surface area contributed by atoms with Crippen molar-refractivity contribution >= 4 is 42.8 Å². The molecule has 0 heterocycles. The van der Waals surface area contributed by atoms with Crippen molar-refractivity contribution < 1.29 is 0 Å². The SMILES string of the molecule is CC(S)SI. The van der Waals surface area contributed by atoms with Crippen LogP contribution in [-0.4, -0.2) is 4.58 Å². The molecule has 0 saturated heterocycles. The first kappa shape index (κ1) is 6.43. The predicted octanol–water partition coefficient (Wildman–Crippen LogP) is 2.35. The first-order valence-corrected chi connectivity index (χ1v) is 5.16. The van der Waals surface area contributed by atoms with E-state index < -0.39 is 0 Å². The Morgan fingerprint density at radius 1 is 2.00 bits per heavy atom. The summed E-state index contributed by atoms with van der Waals surface area (Å²) >= 11 is 6.27. The van der Waals surface area contributed by atoms with E-state index in [1.54, 1.807) is 8.93 Å². The molecule has 0 N–H and O–H groups in total. The standard InChI is InChI=1S/C2H5IS2/c1-2(4)5-3/h2,4H,1H3. The van der Waals surface area contributed by atoms with Crippen molar-refractivity contribution in [1.82, 2.24) is 0 Å². The van der Waals surface area contributed by atoms with Crippen LogP contribution in [0.2, 0.25) is 0 Å². The molecule has 0 radical (unpaired) electrons. The van der Waals surface area contributed by atoms with Crippen molar-refractivity contribution in [3.8, 4) is 0 Å². The van der Waals surface area contributed by atoms with Gasteiger partial charge >= 0.3 is 0 Å². The van der Waals surface area contributed by atoms with Gasteiger partial charge in [-0.3, -0.25) is 0 Å². The summed E-state index contributed by atoms with van der Waals surface area (Å²) in [6, 6.07) is 0. The van der Waals surface area contributed by atoms with Crippen molar-refractivity contribution in [2.45, 2.75) is 11.5 Å². The fourth-order valence-electron chi connectivity index (χ4n) is 0. The molecule has 0 aromatic heterocycles. The summed E-state index contributed by atoms with van der Waals surface area (Å²) in [5, 5.41) is 0. The summed E-state index contributed by atoms with van der Waals surface area (Å²) in [6.45, 7) is 2.04. The summed E-state index contributed by atoms with van der Waals surface area (Å²) in [7, 11) is 1.71. The van der Waals surface area contributed by atoms with Crippen LogP contribution in [0, 0.1) is 0 Å². The molecule has 1 atom stereocenters. The molecule has 0 nitrogen and oxygen atoms in total. The van der Waals surface area contributed by atoms with Gasteiger partial charge in [-0.2, -0.15) is 12.6 Å². The van der Waals surface area contributed by atoms with E-state index in [-0.39, 0.29) is 0 Å². The van der Waals surface area contributed by atoms with Gasteiger partial charge in [-0.05, 0) is 28.1 Å². The number of thiol groups is 1. The van der Waals surface area contributed by atoms with Gasteiger partial charge in [-0.1, -0.05) is 8.93 Å². The quantitative estimate of drug-likeness (QED) is 0.402. The summed E-state index contributed by atoms with van der Waals surface area (Å²) in [6.07, 6.45) is 0. The second kappa shape index (κ2) is 3.61. The van der Waals surface area contributed by atoms with E-state index in [2.05, 4.69) is 33.8 Å². The van der Waals surface area contributed by atoms with Crippen LogP contribution in [0.3, 0.4) is 0 Å². The van der Waals surface area contributed by atoms with Crippen molar-refractivity contribution in [2.24, 2.45) is 0 Å². The third-order valence-electron chi connectivity index (χ3n) is 0.129. The van der Waals surface area contributed by atoms with Gasteiger partial charge < -0.3 is 0 Å². The zero-order valence-electron chi connectivity index (χ0n) is 2.81. The Morgan fingerprint density at radius 3 is 2.20 bits per heavy atom. The smallest absolute Gasteiger partial charge is 0.0544 e. The minimum atomic E-state index is 0.482. The van der Waals surface area contributed by atoms with E-state index >= 15 is 0 Å². The lowest BCUT2D eigenvalue weighted by Gasteiger charge is -1.87. The molecule has 0 aliphatic rings. The highest BCUT2D eigenvalue weighted by Crippen LogP contribution is 2.20. The Balaban J connectivity index is 2.54. The van der Waals surface area contributed by atoms with Crippen LogP contribution in [0.5, 0.6) is 0 Å². The maximum atomic E-state index is 4.05. The third-order valence-corrected chi connectivity index (χ3v) is 4.20. The molecule has 0 amide bonds. The molecule has 5 heavy (non-hydrogen) atoms. The maximum absolute atomic E-state index is 4.05. The monoisotopic (exact) mass is 220 g/mol. The van der Waals surface area contributed by atoms with E-state index in [0.29, 0.717) is 4.58 Å². The lowest BCUT2D eigenvalue weighted by Crippen LogP contribution is -1.69. The second-order valence-electron chi connectivity index (χ2n) is 0.688. The van der Waals surface area contributed by atoms with Crippen LogP contribution in [0.1, 0.15) is 6.92 Å². The predicted molar refractivity (Wildman–Crippen MR) is 40.1 cm³/mol. The van der Waals surface area contributed by atoms with Gasteiger partial charge in [0.25, 0.3) is 0 Å². The van der Waals surface area contributed by atoms with E-state index in [9.17, 15) is 0 Å². The van der Waals surface area contributed by atoms with Crippen LogP contribution in [0.4, 0.5) is 0 Å². The molecular weight excluding hydrogens is 215 g/mol. The van der Waals surface area contributed by atoms with E-state index in [0.717, 1.165) is 0 Å². The topological polar surface area (TPSA) is 0 Å². The average Bonchev–Trinajstić information content (AvgIpc) is 1.38. The zero-order valence-corrected chi connectivity index (χ0v) is 6.68. The van der Waals surface area contributed by atoms with E-state index in [1.807, 2.05) is 6.92 Å². The molecule has 1 unspecified atom stereocenters. The van der Waals surface area contributed by atoms with Crippen LogP contribution in [0.25, 0.3) is 0 Å². The third kappa shape index (κ3) is 5.43. The molecule has 0 aliphatic carbocycles. The first-order valence-electron chi connectivity index (χ1n) is 1.23. The van der Waals surface area contributed by atoms with E-state index in [1.165, 1.54) is 0 Å². The van der Waals surface area contributed by atoms with Crippen LogP contribution < -0.4 is 0 Å². The number of rotatable bonds is 1. The van der Waals surface area contributed by atoms with Crippen LogP contribution in [-0.2, 0) is 0 Å². The van der Waals surface area contributed by atoms with Gasteiger partial charge in [0.2, 0.25) is 0 Å². The summed E-state index contributed by atoms with van der Waals surface area (Å²) in [5.41, 5.74) is 0. The fourth-order valence-corrected chi connectivity index (χ4v) is 0. The van der Waals surface area contributed by atoms with Crippen molar-refractivity contribution in [3.05, 3.63) is 0 Å². The molecule has 0 saturated carbocycles. The zero-order chi connectivity index (χ0) is 4.28. The number of hydrogen-bond acceptors (Lipinski definition) is 2. The largest absolute Gasteiger partial charge is 0.164 e. The Kier molecular flexibility index (Phi) is 4.65. The molecule has 0 spiro atoms. The average molecular weight is 220 g/mol. The molecule has 32 valence electrons. The summed E-state index contributed by atoms with van der Waals surface area (Å²) < 4.78 is 0.482. The Hall–Kier alpha value is 1.43. The normalized spacial score (nSPS) is 15.0. The minimum Gasteiger partial charge on any atom is -0.164 e. The molecule has 0 aliphatic heterocycles. The van der Waals surface area contributed by atoms with Gasteiger partial charge in [0.05, 0.1) is 4.58 Å². The summed E-state index contributed by atoms with van der Waals surface area (Å²) in [4.78, 5) is 0. The molecule has 0 aromatic rings. The van der Waals surface area contributed by atoms with Crippen molar-refractivity contribution in [2.75, 3.05) is 0 Å². The van der Waals surface area contributed by atoms with Gasteiger partial charge in [-0.25, -0.2) is 0 Å². The second-order valence-corrected chi connectivity index (χ2v) is 4.22. The van der Waals surface area contributed by atoms with Crippen molar-refractivity contribution in [1.29, 1.82) is 0 Å². The van der Waals surface area contributed by atoms with Crippen LogP contribution in [0.15, 0.2) is 0 Å². The molecular formula is C2H5IS2. The highest BCUT2D eigenvalue weighted by molar-refractivity contribution is 14.2. The van der Waals surface area contributed by atoms with E-state index in [4.69, 9.17) is 0 Å². The van der Waals surface area contributed by atoms with Gasteiger partial charge in [0.15, 0.2) is 0 Å². The molecule has 0 rings (SSSR count). The lowest BCUT2D eigenvalue weighted by atomic mass is 11.0. The van der Waals surface area contributed by atoms with Crippen LogP contribution >= 0.6 is 42.8 Å². The highest BCUT2D eigenvalue weighted by atomic mass is 127. The summed E-state index contributed by atoms with van der Waals surface area (Å²) in [5.74, 6) is 0. The van der Waals surface area contributed by atoms with Crippen molar-refractivity contribution in [3.63, 3.8) is 0 Å². The Bertz CT molecular complexity index is 21.6. The Labute approximate surface area is 54.1 Å². The first-order chi connectivity index (χ1) is 2.27. The fraction of sp³-hybridized carbons (Fsp3) is 1.00. The van der Waals surface area contributed by atoms with Gasteiger partial charge in [0, 0.05) is 0 Å². The molecule has 3 heteroatoms. The molecule has 0 bridgehead atoms. The Morgan fingerprint density at radius 2 is 2.20 bits per heavy atom. The number of halogens is 1. The van der Waals surface area contributed by atoms with Gasteiger partial charge in [0.1, 0.15) is 0 Å². The molecule has 0 aromatic carbocycles. The minimum absolute atomic E-state index is 0.482. The highest BCUT2D eigenvalue weighted by Gasteiger charge is 1.83. The lowest BCUT2D eigenvalue weighted by molar-refractivity contribution is 1.45. The molecule has 0 fully saturated rings. The van der Waals surface area contributed by atoms with Gasteiger partial charge in [-0.15, -0.1) is 0 Å². The number of hydrogen-bond donors (Lipinski definition) is 1. The maximum Gasteiger partial charge on any atom is 0.0544 e.